The van der Waals surface area contributed by atoms with Crippen molar-refractivity contribution in [1.29, 1.82) is 0 Å². The largest absolute Gasteiger partial charge is 0.306 e. The molecule has 0 saturated heterocycles. The van der Waals surface area contributed by atoms with E-state index in [4.69, 9.17) is 11.6 Å². The molecule has 1 nitrogen and oxygen atoms in total. The van der Waals surface area contributed by atoms with Crippen LogP contribution in [0.2, 0.25) is 5.02 Å². The van der Waals surface area contributed by atoms with E-state index in [9.17, 15) is 4.39 Å². The zero-order valence-corrected chi connectivity index (χ0v) is 10.9. The first-order valence-electron chi connectivity index (χ1n) is 5.89. The second-order valence-corrected chi connectivity index (χ2v) is 4.65. The fourth-order valence-electron chi connectivity index (χ4n) is 1.77. The van der Waals surface area contributed by atoms with Crippen LogP contribution in [-0.4, -0.2) is 0 Å². The van der Waals surface area contributed by atoms with E-state index in [1.54, 1.807) is 12.1 Å². The molecule has 0 aliphatic carbocycles. The number of hydrogen-bond donors (Lipinski definition) is 1. The molecule has 0 aliphatic rings. The smallest absolute Gasteiger partial charge is 0.123 e. The standard InChI is InChI=1S/C15H15ClFN/c1-11(12-6-8-14(17)9-7-12)18-10-13-4-2-3-5-15(13)16/h2-9,11,18H,10H2,1H3/t11-/m0/s1. The lowest BCUT2D eigenvalue weighted by molar-refractivity contribution is 0.571. The Morgan fingerprint density at radius 2 is 1.78 bits per heavy atom. The average molecular weight is 264 g/mol. The Bertz CT molecular complexity index is 510. The zero-order chi connectivity index (χ0) is 13.0. The molecule has 0 aliphatic heterocycles. The molecule has 2 aromatic rings. The van der Waals surface area contributed by atoms with Crippen molar-refractivity contribution in [1.82, 2.24) is 5.32 Å². The van der Waals surface area contributed by atoms with Crippen LogP contribution < -0.4 is 5.32 Å². The van der Waals surface area contributed by atoms with Crippen molar-refractivity contribution >= 4 is 11.6 Å². The van der Waals surface area contributed by atoms with Gasteiger partial charge in [0.25, 0.3) is 0 Å². The van der Waals surface area contributed by atoms with Crippen molar-refractivity contribution in [2.75, 3.05) is 0 Å². The van der Waals surface area contributed by atoms with Gasteiger partial charge in [-0.1, -0.05) is 41.9 Å². The van der Waals surface area contributed by atoms with Crippen LogP contribution in [0.4, 0.5) is 4.39 Å². The minimum Gasteiger partial charge on any atom is -0.306 e. The Kier molecular flexibility index (Phi) is 4.34. The van der Waals surface area contributed by atoms with Gasteiger partial charge in [-0.05, 0) is 36.2 Å². The molecule has 0 fully saturated rings. The summed E-state index contributed by atoms with van der Waals surface area (Å²) in [6.45, 7) is 2.74. The van der Waals surface area contributed by atoms with Gasteiger partial charge in [-0.3, -0.25) is 0 Å². The summed E-state index contributed by atoms with van der Waals surface area (Å²) in [6.07, 6.45) is 0. The second-order valence-electron chi connectivity index (χ2n) is 4.25. The van der Waals surface area contributed by atoms with Gasteiger partial charge in [-0.2, -0.15) is 0 Å². The molecule has 0 radical (unpaired) electrons. The third-order valence-electron chi connectivity index (χ3n) is 2.93. The molecular formula is C15H15ClFN. The zero-order valence-electron chi connectivity index (χ0n) is 10.2. The fourth-order valence-corrected chi connectivity index (χ4v) is 1.98. The lowest BCUT2D eigenvalue weighted by Gasteiger charge is -2.14. The van der Waals surface area contributed by atoms with Crippen molar-refractivity contribution in [2.24, 2.45) is 0 Å². The third kappa shape index (κ3) is 3.31. The molecule has 0 bridgehead atoms. The molecular weight excluding hydrogens is 249 g/mol. The lowest BCUT2D eigenvalue weighted by atomic mass is 10.1. The maximum absolute atomic E-state index is 12.8. The molecule has 2 aromatic carbocycles. The van der Waals surface area contributed by atoms with E-state index in [1.807, 2.05) is 31.2 Å². The van der Waals surface area contributed by atoms with Crippen molar-refractivity contribution < 1.29 is 4.39 Å². The Morgan fingerprint density at radius 3 is 2.44 bits per heavy atom. The highest BCUT2D eigenvalue weighted by molar-refractivity contribution is 6.31. The highest BCUT2D eigenvalue weighted by Crippen LogP contribution is 2.17. The summed E-state index contributed by atoms with van der Waals surface area (Å²) in [5, 5.41) is 4.13. The summed E-state index contributed by atoms with van der Waals surface area (Å²) in [6, 6.07) is 14.4. The SMILES string of the molecule is C[C@H](NCc1ccccc1Cl)c1ccc(F)cc1. The van der Waals surface area contributed by atoms with Gasteiger partial charge in [0.05, 0.1) is 0 Å². The van der Waals surface area contributed by atoms with Crippen molar-refractivity contribution in [2.45, 2.75) is 19.5 Å². The summed E-state index contributed by atoms with van der Waals surface area (Å²) in [7, 11) is 0. The van der Waals surface area contributed by atoms with E-state index < -0.39 is 0 Å². The maximum Gasteiger partial charge on any atom is 0.123 e. The fraction of sp³-hybridized carbons (Fsp3) is 0.200. The van der Waals surface area contributed by atoms with E-state index >= 15 is 0 Å². The van der Waals surface area contributed by atoms with Crippen LogP contribution >= 0.6 is 11.6 Å². The minimum absolute atomic E-state index is 0.155. The first-order chi connectivity index (χ1) is 8.66. The van der Waals surface area contributed by atoms with E-state index in [-0.39, 0.29) is 11.9 Å². The summed E-state index contributed by atoms with van der Waals surface area (Å²) in [5.74, 6) is -0.211. The molecule has 0 aromatic heterocycles. The Balaban J connectivity index is 1.98. The van der Waals surface area contributed by atoms with Crippen LogP contribution in [0.3, 0.4) is 0 Å². The Labute approximate surface area is 112 Å². The van der Waals surface area contributed by atoms with E-state index in [2.05, 4.69) is 5.32 Å². The molecule has 0 unspecified atom stereocenters. The molecule has 94 valence electrons. The first-order valence-corrected chi connectivity index (χ1v) is 6.27. The number of halogens is 2. The maximum atomic E-state index is 12.8. The van der Waals surface area contributed by atoms with E-state index in [0.717, 1.165) is 16.1 Å². The van der Waals surface area contributed by atoms with Gasteiger partial charge >= 0.3 is 0 Å². The van der Waals surface area contributed by atoms with Crippen LogP contribution in [0, 0.1) is 5.82 Å². The minimum atomic E-state index is -0.211. The van der Waals surface area contributed by atoms with Crippen molar-refractivity contribution in [3.05, 3.63) is 70.5 Å². The second kappa shape index (κ2) is 5.98. The van der Waals surface area contributed by atoms with Gasteiger partial charge in [-0.25, -0.2) is 4.39 Å². The lowest BCUT2D eigenvalue weighted by Crippen LogP contribution is -2.18. The van der Waals surface area contributed by atoms with Crippen LogP contribution in [0.25, 0.3) is 0 Å². The number of rotatable bonds is 4. The number of nitrogens with one attached hydrogen (secondary N) is 1. The topological polar surface area (TPSA) is 12.0 Å². The predicted octanol–water partition coefficient (Wildman–Crippen LogP) is 4.33. The van der Waals surface area contributed by atoms with Gasteiger partial charge in [0.2, 0.25) is 0 Å². The van der Waals surface area contributed by atoms with E-state index in [1.165, 1.54) is 12.1 Å². The normalized spacial score (nSPS) is 12.4. The van der Waals surface area contributed by atoms with Crippen molar-refractivity contribution in [3.63, 3.8) is 0 Å². The predicted molar refractivity (Wildman–Crippen MR) is 73.1 cm³/mol. The summed E-state index contributed by atoms with van der Waals surface area (Å²) < 4.78 is 12.8. The van der Waals surface area contributed by atoms with E-state index in [0.29, 0.717) is 6.54 Å². The summed E-state index contributed by atoms with van der Waals surface area (Å²) >= 11 is 6.08. The van der Waals surface area contributed by atoms with Crippen LogP contribution in [0.15, 0.2) is 48.5 Å². The van der Waals surface area contributed by atoms with Crippen LogP contribution in [0.1, 0.15) is 24.1 Å². The molecule has 18 heavy (non-hydrogen) atoms. The molecule has 0 heterocycles. The van der Waals surface area contributed by atoms with Gasteiger partial charge in [0.1, 0.15) is 5.82 Å². The molecule has 0 amide bonds. The summed E-state index contributed by atoms with van der Waals surface area (Å²) in [4.78, 5) is 0. The highest BCUT2D eigenvalue weighted by Gasteiger charge is 2.06. The van der Waals surface area contributed by atoms with Gasteiger partial charge in [0.15, 0.2) is 0 Å². The molecule has 0 saturated carbocycles. The van der Waals surface area contributed by atoms with Gasteiger partial charge < -0.3 is 5.32 Å². The Morgan fingerprint density at radius 1 is 1.11 bits per heavy atom. The molecule has 0 spiro atoms. The molecule has 1 N–H and O–H groups in total. The monoisotopic (exact) mass is 263 g/mol. The average Bonchev–Trinajstić information content (AvgIpc) is 2.38. The summed E-state index contributed by atoms with van der Waals surface area (Å²) in [5.41, 5.74) is 2.12. The first kappa shape index (κ1) is 13.1. The van der Waals surface area contributed by atoms with Gasteiger partial charge in [0, 0.05) is 17.6 Å². The molecule has 1 atom stereocenters. The van der Waals surface area contributed by atoms with Crippen molar-refractivity contribution in [3.8, 4) is 0 Å². The number of benzene rings is 2. The molecule has 3 heteroatoms. The Hall–Kier alpha value is -1.38. The van der Waals surface area contributed by atoms with Gasteiger partial charge in [-0.15, -0.1) is 0 Å². The highest BCUT2D eigenvalue weighted by atomic mass is 35.5. The molecule has 2 rings (SSSR count). The number of hydrogen-bond acceptors (Lipinski definition) is 1. The van der Waals surface area contributed by atoms with Crippen LogP contribution in [-0.2, 0) is 6.54 Å². The third-order valence-corrected chi connectivity index (χ3v) is 3.30. The van der Waals surface area contributed by atoms with Crippen LogP contribution in [0.5, 0.6) is 0 Å². The quantitative estimate of drug-likeness (QED) is 0.866.